The van der Waals surface area contributed by atoms with Crippen LogP contribution >= 0.6 is 11.3 Å². The highest BCUT2D eigenvalue weighted by molar-refractivity contribution is 7.09. The molecule has 3 fully saturated rings. The highest BCUT2D eigenvalue weighted by Crippen LogP contribution is 2.19. The number of nitrogens with one attached hydrogen (secondary N) is 1. The largest absolute Gasteiger partial charge is 0.352 e. The first-order valence-electron chi connectivity index (χ1n) is 10.9. The molecule has 3 heterocycles. The first kappa shape index (κ1) is 20.8. The quantitative estimate of drug-likeness (QED) is 0.704. The van der Waals surface area contributed by atoms with Crippen LogP contribution in [0.2, 0.25) is 0 Å². The van der Waals surface area contributed by atoms with Gasteiger partial charge in [-0.3, -0.25) is 24.3 Å². The van der Waals surface area contributed by atoms with Crippen LogP contribution in [0, 0.1) is 0 Å². The monoisotopic (exact) mass is 419 g/mol. The van der Waals surface area contributed by atoms with E-state index in [1.54, 1.807) is 11.3 Å². The van der Waals surface area contributed by atoms with Crippen LogP contribution in [0.5, 0.6) is 0 Å². The normalized spacial score (nSPS) is 23.1. The highest BCUT2D eigenvalue weighted by Gasteiger charge is 2.31. The molecule has 3 aliphatic rings. The summed E-state index contributed by atoms with van der Waals surface area (Å²) in [7, 11) is 0. The summed E-state index contributed by atoms with van der Waals surface area (Å²) in [6, 6.07) is 4.61. The number of hydrogen-bond donors (Lipinski definition) is 1. The topological polar surface area (TPSA) is 59.1 Å². The molecular formula is C21H33N5O2S. The predicted molar refractivity (Wildman–Crippen MR) is 115 cm³/mol. The third-order valence-corrected chi connectivity index (χ3v) is 7.16. The second-order valence-electron chi connectivity index (χ2n) is 8.51. The lowest BCUT2D eigenvalue weighted by Crippen LogP contribution is -2.56. The molecule has 1 atom stereocenters. The molecule has 29 heavy (non-hydrogen) atoms. The third kappa shape index (κ3) is 5.78. The molecule has 0 aromatic carbocycles. The summed E-state index contributed by atoms with van der Waals surface area (Å²) in [5.41, 5.74) is 0. The molecule has 1 N–H and O–H groups in total. The molecule has 1 aromatic heterocycles. The zero-order chi connectivity index (χ0) is 20.2. The van der Waals surface area contributed by atoms with Gasteiger partial charge in [0.05, 0.1) is 12.6 Å². The lowest BCUT2D eigenvalue weighted by Gasteiger charge is -2.39. The van der Waals surface area contributed by atoms with Crippen molar-refractivity contribution in [1.82, 2.24) is 24.9 Å². The van der Waals surface area contributed by atoms with Gasteiger partial charge in [-0.1, -0.05) is 6.07 Å². The Morgan fingerprint density at radius 1 is 1.07 bits per heavy atom. The van der Waals surface area contributed by atoms with E-state index in [9.17, 15) is 9.59 Å². The van der Waals surface area contributed by atoms with Gasteiger partial charge in [0.1, 0.15) is 0 Å². The van der Waals surface area contributed by atoms with E-state index in [0.717, 1.165) is 71.7 Å². The third-order valence-electron chi connectivity index (χ3n) is 6.30. The van der Waals surface area contributed by atoms with E-state index in [1.165, 1.54) is 4.88 Å². The summed E-state index contributed by atoms with van der Waals surface area (Å²) in [6.07, 6.45) is 2.24. The van der Waals surface area contributed by atoms with Crippen LogP contribution < -0.4 is 5.32 Å². The molecule has 0 radical (unpaired) electrons. The van der Waals surface area contributed by atoms with Crippen LogP contribution in [0.1, 0.15) is 24.6 Å². The molecule has 0 spiro atoms. The second kappa shape index (κ2) is 9.55. The Balaban J connectivity index is 1.15. The number of hydrogen-bond acceptors (Lipinski definition) is 6. The van der Waals surface area contributed by atoms with Gasteiger partial charge in [0.15, 0.2) is 0 Å². The Morgan fingerprint density at radius 2 is 1.76 bits per heavy atom. The van der Waals surface area contributed by atoms with Crippen molar-refractivity contribution in [2.75, 3.05) is 58.9 Å². The molecule has 1 aliphatic carbocycles. The van der Waals surface area contributed by atoms with Crippen LogP contribution in [-0.4, -0.2) is 102 Å². The number of carbonyl (C=O) groups excluding carboxylic acids is 2. The minimum Gasteiger partial charge on any atom is -0.352 e. The molecule has 2 amide bonds. The average Bonchev–Trinajstić information content (AvgIpc) is 3.40. The molecule has 1 saturated carbocycles. The van der Waals surface area contributed by atoms with E-state index in [2.05, 4.69) is 37.5 Å². The molecule has 7 nitrogen and oxygen atoms in total. The summed E-state index contributed by atoms with van der Waals surface area (Å²) in [6.45, 7) is 10.4. The van der Waals surface area contributed by atoms with Gasteiger partial charge in [0.2, 0.25) is 11.8 Å². The molecule has 1 unspecified atom stereocenters. The zero-order valence-electron chi connectivity index (χ0n) is 17.4. The minimum atomic E-state index is -0.0788. The van der Waals surface area contributed by atoms with Crippen LogP contribution in [0.4, 0.5) is 0 Å². The zero-order valence-corrected chi connectivity index (χ0v) is 18.2. The number of piperazine rings is 2. The molecular weight excluding hydrogens is 386 g/mol. The number of rotatable bonds is 7. The lowest BCUT2D eigenvalue weighted by atomic mass is 10.2. The van der Waals surface area contributed by atoms with Gasteiger partial charge < -0.3 is 10.2 Å². The van der Waals surface area contributed by atoms with E-state index >= 15 is 0 Å². The molecule has 1 aromatic rings. The fourth-order valence-corrected chi connectivity index (χ4v) is 4.84. The summed E-state index contributed by atoms with van der Waals surface area (Å²) in [5.74, 6) is 0.395. The molecule has 2 aliphatic heterocycles. The number of thiophene rings is 1. The van der Waals surface area contributed by atoms with Crippen molar-refractivity contribution in [3.8, 4) is 0 Å². The van der Waals surface area contributed by atoms with E-state index in [0.29, 0.717) is 12.6 Å². The van der Waals surface area contributed by atoms with Gasteiger partial charge in [0.25, 0.3) is 0 Å². The molecule has 0 bridgehead atoms. The van der Waals surface area contributed by atoms with Gasteiger partial charge >= 0.3 is 0 Å². The SMILES string of the molecule is CC(C(=O)NC1CC1)N1CCN(CC(=O)N2CCN(Cc3cccs3)CC2)CC1. The molecule has 2 saturated heterocycles. The summed E-state index contributed by atoms with van der Waals surface area (Å²) in [4.78, 5) is 35.3. The summed E-state index contributed by atoms with van der Waals surface area (Å²) >= 11 is 1.80. The standard InChI is InChI=1S/C21H33N5O2S/c1-17(21(28)22-18-4-5-18)25-10-6-24(7-11-25)16-20(27)26-12-8-23(9-13-26)15-19-3-2-14-29-19/h2-3,14,17-18H,4-13,15-16H2,1H3,(H,22,28). The summed E-state index contributed by atoms with van der Waals surface area (Å²) in [5, 5.41) is 5.22. The molecule has 8 heteroatoms. The molecule has 4 rings (SSSR count). The number of carbonyl (C=O) groups is 2. The smallest absolute Gasteiger partial charge is 0.237 e. The Morgan fingerprint density at radius 3 is 2.38 bits per heavy atom. The average molecular weight is 420 g/mol. The first-order valence-corrected chi connectivity index (χ1v) is 11.8. The number of amides is 2. The van der Waals surface area contributed by atoms with Gasteiger partial charge in [-0.25, -0.2) is 0 Å². The van der Waals surface area contributed by atoms with E-state index in [-0.39, 0.29) is 17.9 Å². The van der Waals surface area contributed by atoms with E-state index < -0.39 is 0 Å². The van der Waals surface area contributed by atoms with Crippen molar-refractivity contribution in [2.24, 2.45) is 0 Å². The van der Waals surface area contributed by atoms with Crippen molar-refractivity contribution in [3.05, 3.63) is 22.4 Å². The van der Waals surface area contributed by atoms with E-state index in [1.807, 2.05) is 11.8 Å². The molecule has 160 valence electrons. The fourth-order valence-electron chi connectivity index (χ4n) is 4.09. The van der Waals surface area contributed by atoms with Gasteiger partial charge in [-0.15, -0.1) is 11.3 Å². The summed E-state index contributed by atoms with van der Waals surface area (Å²) < 4.78 is 0. The first-order chi connectivity index (χ1) is 14.1. The lowest BCUT2D eigenvalue weighted by molar-refractivity contribution is -0.135. The fraction of sp³-hybridized carbons (Fsp3) is 0.714. The van der Waals surface area contributed by atoms with Crippen molar-refractivity contribution in [3.63, 3.8) is 0 Å². The van der Waals surface area contributed by atoms with Crippen molar-refractivity contribution >= 4 is 23.2 Å². The maximum atomic E-state index is 12.7. The van der Waals surface area contributed by atoms with Crippen molar-refractivity contribution in [1.29, 1.82) is 0 Å². The van der Waals surface area contributed by atoms with Crippen LogP contribution in [0.3, 0.4) is 0 Å². The van der Waals surface area contributed by atoms with Gasteiger partial charge in [-0.05, 0) is 31.2 Å². The van der Waals surface area contributed by atoms with Crippen LogP contribution in [0.15, 0.2) is 17.5 Å². The van der Waals surface area contributed by atoms with E-state index in [4.69, 9.17) is 0 Å². The minimum absolute atomic E-state index is 0.0788. The van der Waals surface area contributed by atoms with Gasteiger partial charge in [0, 0.05) is 69.8 Å². The van der Waals surface area contributed by atoms with Crippen LogP contribution in [-0.2, 0) is 16.1 Å². The maximum absolute atomic E-state index is 12.7. The Hall–Kier alpha value is -1.48. The van der Waals surface area contributed by atoms with Gasteiger partial charge in [-0.2, -0.15) is 0 Å². The Labute approximate surface area is 177 Å². The highest BCUT2D eigenvalue weighted by atomic mass is 32.1. The van der Waals surface area contributed by atoms with Crippen molar-refractivity contribution < 1.29 is 9.59 Å². The Bertz CT molecular complexity index is 677. The second-order valence-corrected chi connectivity index (χ2v) is 9.54. The van der Waals surface area contributed by atoms with Crippen molar-refractivity contribution in [2.45, 2.75) is 38.4 Å². The Kier molecular flexibility index (Phi) is 6.85. The van der Waals surface area contributed by atoms with Crippen LogP contribution in [0.25, 0.3) is 0 Å². The maximum Gasteiger partial charge on any atom is 0.237 e. The predicted octanol–water partition coefficient (Wildman–Crippen LogP) is 0.677. The number of nitrogens with zero attached hydrogens (tertiary/aromatic N) is 4.